The van der Waals surface area contributed by atoms with E-state index < -0.39 is 7.82 Å². The summed E-state index contributed by atoms with van der Waals surface area (Å²) in [5, 5.41) is -0.157. The van der Waals surface area contributed by atoms with Crippen LogP contribution in [0.25, 0.3) is 0 Å². The zero-order valence-electron chi connectivity index (χ0n) is 11.1. The van der Waals surface area contributed by atoms with Gasteiger partial charge in [0.25, 0.3) is 0 Å². The van der Waals surface area contributed by atoms with E-state index in [1.807, 2.05) is 0 Å². The topological polar surface area (TPSA) is 78.9 Å². The van der Waals surface area contributed by atoms with Gasteiger partial charge in [0.15, 0.2) is 0 Å². The molecule has 0 heterocycles. The molecule has 20 heavy (non-hydrogen) atoms. The summed E-state index contributed by atoms with van der Waals surface area (Å²) < 4.78 is 25.7. The molecule has 0 fully saturated rings. The fraction of sp³-hybridized carbons (Fsp3) is 0.333. The smallest absolute Gasteiger partial charge is 0.298 e. The van der Waals surface area contributed by atoms with Crippen molar-refractivity contribution in [2.24, 2.45) is 0 Å². The van der Waals surface area contributed by atoms with Crippen molar-refractivity contribution in [1.82, 2.24) is 0 Å². The molecule has 8 heteroatoms. The average Bonchev–Trinajstić information content (AvgIpc) is 2.51. The first-order valence-electron chi connectivity index (χ1n) is 5.63. The summed E-state index contributed by atoms with van der Waals surface area (Å²) in [5.41, 5.74) is 0.998. The number of carbonyl (C=O) groups is 2. The molecule has 0 atom stereocenters. The predicted octanol–water partition coefficient (Wildman–Crippen LogP) is 2.79. The Labute approximate surface area is 121 Å². The molecule has 1 aromatic carbocycles. The van der Waals surface area contributed by atoms with Crippen LogP contribution in [0.1, 0.15) is 20.7 Å². The first kappa shape index (κ1) is 17.1. The maximum absolute atomic E-state index is 11.8. The minimum Gasteiger partial charge on any atom is -0.298 e. The number of carbonyl (C=O) groups excluding carboxylic acids is 2. The quantitative estimate of drug-likeness (QED) is 0.414. The summed E-state index contributed by atoms with van der Waals surface area (Å²) in [7, 11) is -1.05. The minimum absolute atomic E-state index is 0.0573. The van der Waals surface area contributed by atoms with Crippen LogP contribution >= 0.6 is 19.6 Å². The molecule has 0 aliphatic carbocycles. The lowest BCUT2D eigenvalue weighted by Crippen LogP contribution is -2.02. The molecule has 0 radical (unpaired) electrons. The number of thioether (sulfide) groups is 1. The van der Waals surface area contributed by atoms with E-state index in [1.54, 1.807) is 24.3 Å². The molecule has 1 aromatic rings. The molecule has 0 aliphatic heterocycles. The second-order valence-corrected chi connectivity index (χ2v) is 6.47. The maximum atomic E-state index is 11.8. The summed E-state index contributed by atoms with van der Waals surface area (Å²) in [4.78, 5) is 22.3. The van der Waals surface area contributed by atoms with Gasteiger partial charge in [-0.25, -0.2) is 4.57 Å². The Morgan fingerprint density at radius 1 is 1.25 bits per heavy atom. The van der Waals surface area contributed by atoms with Crippen molar-refractivity contribution in [2.75, 3.05) is 26.6 Å². The molecule has 6 nitrogen and oxygen atoms in total. The van der Waals surface area contributed by atoms with Crippen LogP contribution in [0, 0.1) is 0 Å². The normalized spacial score (nSPS) is 11.3. The Hall–Kier alpha value is -0.980. The van der Waals surface area contributed by atoms with Crippen LogP contribution in [0.5, 0.6) is 0 Å². The van der Waals surface area contributed by atoms with Gasteiger partial charge < -0.3 is 0 Å². The highest BCUT2D eigenvalue weighted by atomic mass is 32.2. The van der Waals surface area contributed by atoms with Gasteiger partial charge in [0.1, 0.15) is 6.29 Å². The van der Waals surface area contributed by atoms with Crippen LogP contribution in [-0.2, 0) is 18.1 Å². The lowest BCUT2D eigenvalue weighted by molar-refractivity contribution is 0.108. The number of phosphoric ester groups is 1. The predicted molar refractivity (Wildman–Crippen MR) is 76.2 cm³/mol. The molecule has 0 aromatic heterocycles. The molecule has 1 rings (SSSR count). The lowest BCUT2D eigenvalue weighted by atomic mass is 10.2. The monoisotopic (exact) mass is 318 g/mol. The molecule has 0 saturated carbocycles. The van der Waals surface area contributed by atoms with E-state index in [0.29, 0.717) is 23.2 Å². The Morgan fingerprint density at radius 3 is 2.35 bits per heavy atom. The number of rotatable bonds is 8. The van der Waals surface area contributed by atoms with Gasteiger partial charge in [0, 0.05) is 31.1 Å². The van der Waals surface area contributed by atoms with Crippen molar-refractivity contribution in [1.29, 1.82) is 0 Å². The third-order valence-corrected chi connectivity index (χ3v) is 4.56. The lowest BCUT2D eigenvalue weighted by Gasteiger charge is -2.12. The van der Waals surface area contributed by atoms with E-state index in [2.05, 4.69) is 9.05 Å². The van der Waals surface area contributed by atoms with Gasteiger partial charge in [-0.1, -0.05) is 23.9 Å². The van der Waals surface area contributed by atoms with Gasteiger partial charge >= 0.3 is 7.82 Å². The van der Waals surface area contributed by atoms with Crippen molar-refractivity contribution in [3.05, 3.63) is 35.4 Å². The largest absolute Gasteiger partial charge is 0.474 e. The number of benzene rings is 1. The molecular weight excluding hydrogens is 303 g/mol. The molecule has 0 N–H and O–H groups in total. The fourth-order valence-electron chi connectivity index (χ4n) is 1.24. The van der Waals surface area contributed by atoms with Crippen LogP contribution < -0.4 is 0 Å². The Balaban J connectivity index is 2.40. The summed E-state index contributed by atoms with van der Waals surface area (Å²) >= 11 is 1.02. The number of hydrogen-bond donors (Lipinski definition) is 0. The van der Waals surface area contributed by atoms with Crippen molar-refractivity contribution in [3.63, 3.8) is 0 Å². The zero-order valence-corrected chi connectivity index (χ0v) is 12.8. The Bertz CT molecular complexity index is 493. The van der Waals surface area contributed by atoms with Crippen molar-refractivity contribution >= 4 is 31.0 Å². The molecule has 0 saturated heterocycles. The van der Waals surface area contributed by atoms with E-state index in [4.69, 9.17) is 4.52 Å². The van der Waals surface area contributed by atoms with Gasteiger partial charge in [-0.3, -0.25) is 23.2 Å². The summed E-state index contributed by atoms with van der Waals surface area (Å²) in [6.07, 6.45) is 0.711. The molecule has 0 spiro atoms. The van der Waals surface area contributed by atoms with E-state index in [9.17, 15) is 14.2 Å². The number of hydrogen-bond acceptors (Lipinski definition) is 7. The molecule has 0 aliphatic rings. The van der Waals surface area contributed by atoms with E-state index in [1.165, 1.54) is 14.2 Å². The van der Waals surface area contributed by atoms with Crippen molar-refractivity contribution in [3.8, 4) is 0 Å². The van der Waals surface area contributed by atoms with Gasteiger partial charge in [-0.2, -0.15) is 0 Å². The van der Waals surface area contributed by atoms with Gasteiger partial charge in [-0.05, 0) is 12.1 Å². The Morgan fingerprint density at radius 2 is 1.85 bits per heavy atom. The molecular formula is C12H15O6PS. The maximum Gasteiger partial charge on any atom is 0.474 e. The van der Waals surface area contributed by atoms with Gasteiger partial charge in [-0.15, -0.1) is 0 Å². The van der Waals surface area contributed by atoms with Crippen LogP contribution in [0.3, 0.4) is 0 Å². The van der Waals surface area contributed by atoms with Crippen molar-refractivity contribution < 1.29 is 27.7 Å². The van der Waals surface area contributed by atoms with Gasteiger partial charge in [0.2, 0.25) is 5.12 Å². The highest BCUT2D eigenvalue weighted by Crippen LogP contribution is 2.47. The van der Waals surface area contributed by atoms with Gasteiger partial charge in [0.05, 0.1) is 6.61 Å². The van der Waals surface area contributed by atoms with Crippen LogP contribution in [0.2, 0.25) is 0 Å². The fourth-order valence-corrected chi connectivity index (χ4v) is 2.70. The summed E-state index contributed by atoms with van der Waals surface area (Å²) in [5.74, 6) is 0.310. The second kappa shape index (κ2) is 8.34. The number of aldehydes is 1. The third kappa shape index (κ3) is 5.19. The summed E-state index contributed by atoms with van der Waals surface area (Å²) in [6.45, 7) is 0.0573. The molecule has 0 amide bonds. The van der Waals surface area contributed by atoms with E-state index >= 15 is 0 Å². The van der Waals surface area contributed by atoms with Crippen LogP contribution in [-0.4, -0.2) is 38.0 Å². The SMILES string of the molecule is COP(=O)(OC)OCCSC(=O)c1ccc(C=O)cc1. The third-order valence-electron chi connectivity index (χ3n) is 2.30. The highest BCUT2D eigenvalue weighted by Gasteiger charge is 2.22. The standard InChI is InChI=1S/C12H15O6PS/c1-16-19(15,17-2)18-7-8-20-12(14)11-5-3-10(9-13)4-6-11/h3-6,9H,7-8H2,1-2H3. The molecule has 0 unspecified atom stereocenters. The van der Waals surface area contributed by atoms with E-state index in [0.717, 1.165) is 11.8 Å². The molecule has 110 valence electrons. The highest BCUT2D eigenvalue weighted by molar-refractivity contribution is 8.14. The molecule has 0 bridgehead atoms. The van der Waals surface area contributed by atoms with Crippen LogP contribution in [0.4, 0.5) is 0 Å². The first-order chi connectivity index (χ1) is 9.54. The summed E-state index contributed by atoms with van der Waals surface area (Å²) in [6, 6.07) is 6.30. The Kier molecular flexibility index (Phi) is 7.12. The first-order valence-corrected chi connectivity index (χ1v) is 8.07. The van der Waals surface area contributed by atoms with Crippen LogP contribution in [0.15, 0.2) is 24.3 Å². The van der Waals surface area contributed by atoms with E-state index in [-0.39, 0.29) is 11.7 Å². The van der Waals surface area contributed by atoms with Crippen molar-refractivity contribution in [2.45, 2.75) is 0 Å². The number of phosphoric acid groups is 1. The second-order valence-electron chi connectivity index (χ2n) is 3.52. The minimum atomic E-state index is -3.49. The average molecular weight is 318 g/mol. The zero-order chi connectivity index (χ0) is 15.0.